The van der Waals surface area contributed by atoms with Crippen LogP contribution in [0.2, 0.25) is 0 Å². The Kier molecular flexibility index (Phi) is 7.32. The van der Waals surface area contributed by atoms with E-state index in [4.69, 9.17) is 4.98 Å². The van der Waals surface area contributed by atoms with Crippen LogP contribution in [-0.2, 0) is 5.41 Å². The predicted octanol–water partition coefficient (Wildman–Crippen LogP) is 15.2. The van der Waals surface area contributed by atoms with Gasteiger partial charge in [-0.15, -0.1) is 0 Å². The van der Waals surface area contributed by atoms with Gasteiger partial charge >= 0.3 is 0 Å². The number of aromatic nitrogens is 3. The SMILES string of the molecule is CC1(C)C=CN(c2ccccc2)c2cc3c(cc21)-c1ncccc1-c1cc(-n2c4ccccc4c4ccccc42)ccc1-c1ccc(-n2c4ccccc4c4ccccc42)cc1-3. The van der Waals surface area contributed by atoms with Crippen molar-refractivity contribution in [2.75, 3.05) is 4.90 Å². The van der Waals surface area contributed by atoms with E-state index in [2.05, 4.69) is 228 Å². The highest BCUT2D eigenvalue weighted by Crippen LogP contribution is 2.53. The maximum Gasteiger partial charge on any atom is 0.0786 e. The highest BCUT2D eigenvalue weighted by atomic mass is 15.1. The summed E-state index contributed by atoms with van der Waals surface area (Å²) in [6.07, 6.45) is 6.54. The van der Waals surface area contributed by atoms with Crippen molar-refractivity contribution >= 4 is 55.0 Å². The molecular weight excluding hydrogens is 753 g/mol. The highest BCUT2D eigenvalue weighted by molar-refractivity contribution is 6.11. The summed E-state index contributed by atoms with van der Waals surface area (Å²) in [6, 6.07) is 69.1. The summed E-state index contributed by atoms with van der Waals surface area (Å²) in [5.41, 5.74) is 19.4. The molecule has 62 heavy (non-hydrogen) atoms. The molecule has 0 saturated heterocycles. The molecule has 11 aromatic rings. The zero-order valence-electron chi connectivity index (χ0n) is 34.4. The van der Waals surface area contributed by atoms with Crippen molar-refractivity contribution in [3.05, 3.63) is 212 Å². The fraction of sp³-hybridized carbons (Fsp3) is 0.0517. The predicted molar refractivity (Wildman–Crippen MR) is 259 cm³/mol. The zero-order chi connectivity index (χ0) is 41.1. The standard InChI is InChI=1S/C58H40N4/c1-58(2)30-32-60(37-15-4-3-5-16-37)56-36-49-48-34-39(62-54-24-12-8-19-44(54)45-20-9-13-25-55(45)62)27-29-41(48)40-28-26-38(33-47(40)46-21-14-31-59-57(46)50(49)35-51(56)58)61-52-22-10-6-17-42(52)43-18-7-11-23-53(43)61/h3-36H,1-2H3. The van der Waals surface area contributed by atoms with Gasteiger partial charge in [0.05, 0.1) is 33.4 Å². The molecule has 1 aliphatic heterocycles. The van der Waals surface area contributed by atoms with E-state index in [9.17, 15) is 0 Å². The first-order valence-electron chi connectivity index (χ1n) is 21.5. The number of anilines is 2. The summed E-state index contributed by atoms with van der Waals surface area (Å²) >= 11 is 0. The van der Waals surface area contributed by atoms with Crippen molar-refractivity contribution < 1.29 is 0 Å². The molecule has 0 N–H and O–H groups in total. The summed E-state index contributed by atoms with van der Waals surface area (Å²) < 4.78 is 4.85. The molecule has 8 aromatic carbocycles. The Morgan fingerprint density at radius 3 is 1.42 bits per heavy atom. The second kappa shape index (κ2) is 13.0. The van der Waals surface area contributed by atoms with E-state index in [0.717, 1.165) is 45.0 Å². The number of rotatable bonds is 3. The Balaban J connectivity index is 1.14. The second-order valence-corrected chi connectivity index (χ2v) is 17.3. The van der Waals surface area contributed by atoms with Crippen molar-refractivity contribution in [2.24, 2.45) is 0 Å². The van der Waals surface area contributed by atoms with Gasteiger partial charge in [-0.25, -0.2) is 0 Å². The summed E-state index contributed by atoms with van der Waals surface area (Å²) in [6.45, 7) is 4.64. The van der Waals surface area contributed by atoms with Gasteiger partial charge in [0, 0.05) is 67.5 Å². The molecule has 0 atom stereocenters. The maximum atomic E-state index is 5.31. The molecule has 2 aliphatic rings. The summed E-state index contributed by atoms with van der Waals surface area (Å²) in [7, 11) is 0. The average molecular weight is 793 g/mol. The van der Waals surface area contributed by atoms with Gasteiger partial charge in [-0.1, -0.05) is 129 Å². The van der Waals surface area contributed by atoms with Crippen LogP contribution in [0.4, 0.5) is 11.4 Å². The molecule has 0 unspecified atom stereocenters. The van der Waals surface area contributed by atoms with Crippen LogP contribution in [0.25, 0.3) is 99.6 Å². The molecule has 0 fully saturated rings. The van der Waals surface area contributed by atoms with Gasteiger partial charge in [0.15, 0.2) is 0 Å². The van der Waals surface area contributed by atoms with Crippen molar-refractivity contribution in [3.63, 3.8) is 0 Å². The molecule has 4 heterocycles. The van der Waals surface area contributed by atoms with E-state index in [1.165, 1.54) is 71.6 Å². The van der Waals surface area contributed by atoms with Crippen LogP contribution in [0.1, 0.15) is 19.4 Å². The Morgan fingerprint density at radius 2 is 0.871 bits per heavy atom. The van der Waals surface area contributed by atoms with Crippen LogP contribution in [0.3, 0.4) is 0 Å². The molecule has 292 valence electrons. The number of benzene rings is 8. The van der Waals surface area contributed by atoms with E-state index < -0.39 is 0 Å². The van der Waals surface area contributed by atoms with Gasteiger partial charge in [-0.3, -0.25) is 4.98 Å². The molecule has 3 aromatic heterocycles. The van der Waals surface area contributed by atoms with Gasteiger partial charge in [-0.2, -0.15) is 0 Å². The molecular formula is C58H40N4. The van der Waals surface area contributed by atoms with E-state index in [1.54, 1.807) is 0 Å². The summed E-state index contributed by atoms with van der Waals surface area (Å²) in [4.78, 5) is 7.66. The van der Waals surface area contributed by atoms with Crippen LogP contribution in [0.15, 0.2) is 207 Å². The minimum atomic E-state index is -0.220. The molecule has 4 nitrogen and oxygen atoms in total. The van der Waals surface area contributed by atoms with Crippen LogP contribution in [0, 0.1) is 0 Å². The van der Waals surface area contributed by atoms with Gasteiger partial charge in [0.25, 0.3) is 0 Å². The third-order valence-corrected chi connectivity index (χ3v) is 13.4. The molecule has 0 bridgehead atoms. The number of hydrogen-bond donors (Lipinski definition) is 0. The number of nitrogens with zero attached hydrogens (tertiary/aromatic N) is 4. The molecule has 0 radical (unpaired) electrons. The van der Waals surface area contributed by atoms with Crippen molar-refractivity contribution in [2.45, 2.75) is 19.3 Å². The van der Waals surface area contributed by atoms with Gasteiger partial charge in [-0.05, 0) is 112 Å². The van der Waals surface area contributed by atoms with Crippen molar-refractivity contribution in [1.82, 2.24) is 14.1 Å². The van der Waals surface area contributed by atoms with E-state index in [-0.39, 0.29) is 5.41 Å². The monoisotopic (exact) mass is 792 g/mol. The number of fused-ring (bicyclic) bond motifs is 15. The van der Waals surface area contributed by atoms with Crippen LogP contribution >= 0.6 is 0 Å². The lowest BCUT2D eigenvalue weighted by molar-refractivity contribution is 0.659. The minimum Gasteiger partial charge on any atom is -0.317 e. The van der Waals surface area contributed by atoms with E-state index >= 15 is 0 Å². The normalized spacial score (nSPS) is 13.7. The molecule has 0 amide bonds. The van der Waals surface area contributed by atoms with Gasteiger partial charge in [0.1, 0.15) is 0 Å². The largest absolute Gasteiger partial charge is 0.317 e. The third kappa shape index (κ3) is 4.98. The first kappa shape index (κ1) is 34.9. The smallest absolute Gasteiger partial charge is 0.0786 e. The number of hydrogen-bond acceptors (Lipinski definition) is 2. The fourth-order valence-electron chi connectivity index (χ4n) is 10.5. The summed E-state index contributed by atoms with van der Waals surface area (Å²) in [5, 5.41) is 5.00. The third-order valence-electron chi connectivity index (χ3n) is 13.4. The molecule has 1 aliphatic carbocycles. The van der Waals surface area contributed by atoms with Gasteiger partial charge < -0.3 is 14.0 Å². The highest BCUT2D eigenvalue weighted by Gasteiger charge is 2.33. The second-order valence-electron chi connectivity index (χ2n) is 17.3. The Morgan fingerprint density at radius 1 is 0.387 bits per heavy atom. The average Bonchev–Trinajstić information content (AvgIpc) is 3.84. The van der Waals surface area contributed by atoms with Crippen LogP contribution < -0.4 is 4.90 Å². The Bertz CT molecular complexity index is 3570. The van der Waals surface area contributed by atoms with E-state index in [0.29, 0.717) is 0 Å². The van der Waals surface area contributed by atoms with Crippen molar-refractivity contribution in [3.8, 4) is 56.0 Å². The zero-order valence-corrected chi connectivity index (χ0v) is 34.4. The summed E-state index contributed by atoms with van der Waals surface area (Å²) in [5.74, 6) is 0. The fourth-order valence-corrected chi connectivity index (χ4v) is 10.5. The van der Waals surface area contributed by atoms with E-state index in [1.807, 2.05) is 6.20 Å². The Labute approximate surface area is 359 Å². The van der Waals surface area contributed by atoms with Gasteiger partial charge in [0.2, 0.25) is 0 Å². The number of allylic oxidation sites excluding steroid dienone is 1. The molecule has 0 saturated carbocycles. The number of para-hydroxylation sites is 5. The lowest BCUT2D eigenvalue weighted by Crippen LogP contribution is -2.25. The lowest BCUT2D eigenvalue weighted by Gasteiger charge is -2.37. The molecule has 0 spiro atoms. The number of pyridine rings is 1. The van der Waals surface area contributed by atoms with Crippen LogP contribution in [0.5, 0.6) is 0 Å². The molecule has 13 rings (SSSR count). The topological polar surface area (TPSA) is 26.0 Å². The Hall–Kier alpha value is -7.95. The first-order valence-corrected chi connectivity index (χ1v) is 21.5. The van der Waals surface area contributed by atoms with Crippen molar-refractivity contribution in [1.29, 1.82) is 0 Å². The first-order chi connectivity index (χ1) is 30.5. The maximum absolute atomic E-state index is 5.31. The quantitative estimate of drug-likeness (QED) is 0.178. The minimum absolute atomic E-state index is 0.220. The van der Waals surface area contributed by atoms with Crippen LogP contribution in [-0.4, -0.2) is 14.1 Å². The molecule has 4 heteroatoms. The lowest BCUT2D eigenvalue weighted by atomic mass is 9.76.